The molecule has 0 aliphatic rings. The smallest absolute Gasteiger partial charge is 0.325 e. The van der Waals surface area contributed by atoms with Crippen molar-refractivity contribution in [3.8, 4) is 5.75 Å². The van der Waals surface area contributed by atoms with Gasteiger partial charge >= 0.3 is 5.97 Å². The van der Waals surface area contributed by atoms with Gasteiger partial charge in [0, 0.05) is 0 Å². The van der Waals surface area contributed by atoms with E-state index < -0.39 is 11.9 Å². The maximum absolute atomic E-state index is 12.8. The largest absolute Gasteiger partial charge is 0.496 e. The highest BCUT2D eigenvalue weighted by Gasteiger charge is 2.16. The quantitative estimate of drug-likeness (QED) is 0.648. The first-order chi connectivity index (χ1) is 12.9. The summed E-state index contributed by atoms with van der Waals surface area (Å²) in [6.07, 6.45) is 0. The van der Waals surface area contributed by atoms with Gasteiger partial charge in [-0.3, -0.25) is 9.59 Å². The predicted molar refractivity (Wildman–Crippen MR) is 104 cm³/mol. The lowest BCUT2D eigenvalue weighted by Crippen LogP contribution is -2.22. The molecule has 1 heterocycles. The van der Waals surface area contributed by atoms with Gasteiger partial charge in [0.05, 0.1) is 30.0 Å². The zero-order chi connectivity index (χ0) is 19.6. The number of hydrogen-bond donors (Lipinski definition) is 0. The van der Waals surface area contributed by atoms with E-state index in [1.807, 2.05) is 26.0 Å². The van der Waals surface area contributed by atoms with E-state index in [1.165, 1.54) is 25.6 Å². The van der Waals surface area contributed by atoms with Crippen LogP contribution in [0, 0.1) is 13.8 Å². The van der Waals surface area contributed by atoms with Crippen molar-refractivity contribution in [3.63, 3.8) is 0 Å². The molecular weight excluding hydrogens is 364 g/mol. The third-order valence-corrected chi connectivity index (χ3v) is 5.19. The van der Waals surface area contributed by atoms with Crippen molar-refractivity contribution < 1.29 is 19.1 Å². The van der Waals surface area contributed by atoms with Gasteiger partial charge in [-0.15, -0.1) is 0 Å². The van der Waals surface area contributed by atoms with Crippen LogP contribution in [0.2, 0.25) is 0 Å². The fraction of sp³-hybridized carbons (Fsp3) is 0.250. The highest BCUT2D eigenvalue weighted by atomic mass is 32.1. The van der Waals surface area contributed by atoms with E-state index in [0.717, 1.165) is 21.3 Å². The van der Waals surface area contributed by atoms with Crippen LogP contribution in [0.15, 0.2) is 41.4 Å². The van der Waals surface area contributed by atoms with Crippen molar-refractivity contribution in [1.29, 1.82) is 0 Å². The monoisotopic (exact) mass is 384 g/mol. The lowest BCUT2D eigenvalue weighted by molar-refractivity contribution is -0.141. The highest BCUT2D eigenvalue weighted by molar-refractivity contribution is 7.16. The SMILES string of the molecule is COC(=O)Cn1c(=NC(=O)c2ccccc2OC)sc2cc(C)cc(C)c21. The van der Waals surface area contributed by atoms with Gasteiger partial charge in [-0.1, -0.05) is 29.5 Å². The zero-order valence-electron chi connectivity index (χ0n) is 15.6. The fourth-order valence-electron chi connectivity index (χ4n) is 2.99. The Morgan fingerprint density at radius 1 is 1.15 bits per heavy atom. The molecule has 140 valence electrons. The molecule has 1 amide bonds. The molecule has 3 aromatic rings. The summed E-state index contributed by atoms with van der Waals surface area (Å²) in [5.74, 6) is -0.369. The summed E-state index contributed by atoms with van der Waals surface area (Å²) in [4.78, 5) is 29.4. The summed E-state index contributed by atoms with van der Waals surface area (Å²) in [5, 5.41) is 0. The second kappa shape index (κ2) is 7.75. The number of amides is 1. The Morgan fingerprint density at radius 2 is 1.89 bits per heavy atom. The first-order valence-electron chi connectivity index (χ1n) is 8.34. The van der Waals surface area contributed by atoms with Gasteiger partial charge in [-0.25, -0.2) is 0 Å². The van der Waals surface area contributed by atoms with Crippen LogP contribution in [0.3, 0.4) is 0 Å². The lowest BCUT2D eigenvalue weighted by atomic mass is 10.1. The number of aryl methyl sites for hydroxylation is 2. The van der Waals surface area contributed by atoms with E-state index in [-0.39, 0.29) is 6.54 Å². The summed E-state index contributed by atoms with van der Waals surface area (Å²) >= 11 is 1.37. The Labute approximate surface area is 160 Å². The second-order valence-electron chi connectivity index (χ2n) is 6.09. The number of thiazole rings is 1. The summed E-state index contributed by atoms with van der Waals surface area (Å²) in [6, 6.07) is 11.0. The molecule has 0 bridgehead atoms. The molecule has 0 atom stereocenters. The van der Waals surface area contributed by atoms with Crippen molar-refractivity contribution in [2.45, 2.75) is 20.4 Å². The van der Waals surface area contributed by atoms with Crippen LogP contribution in [-0.4, -0.2) is 30.7 Å². The van der Waals surface area contributed by atoms with E-state index in [4.69, 9.17) is 9.47 Å². The van der Waals surface area contributed by atoms with Crippen molar-refractivity contribution in [3.05, 3.63) is 57.9 Å². The van der Waals surface area contributed by atoms with Crippen LogP contribution in [-0.2, 0) is 16.1 Å². The molecule has 0 unspecified atom stereocenters. The number of benzene rings is 2. The van der Waals surface area contributed by atoms with Crippen molar-refractivity contribution in [2.24, 2.45) is 4.99 Å². The first-order valence-corrected chi connectivity index (χ1v) is 9.15. The van der Waals surface area contributed by atoms with Crippen LogP contribution in [0.4, 0.5) is 0 Å². The number of para-hydroxylation sites is 1. The first kappa shape index (κ1) is 18.8. The Kier molecular flexibility index (Phi) is 5.41. The Bertz CT molecular complexity index is 1100. The maximum atomic E-state index is 12.8. The third kappa shape index (κ3) is 3.78. The van der Waals surface area contributed by atoms with Crippen LogP contribution in [0.25, 0.3) is 10.2 Å². The Hall–Kier alpha value is -2.93. The molecule has 1 aromatic heterocycles. The molecule has 0 aliphatic heterocycles. The number of methoxy groups -OCH3 is 2. The van der Waals surface area contributed by atoms with E-state index in [0.29, 0.717) is 16.1 Å². The van der Waals surface area contributed by atoms with E-state index >= 15 is 0 Å². The molecule has 3 rings (SSSR count). The summed E-state index contributed by atoms with van der Waals surface area (Å²) < 4.78 is 12.8. The third-order valence-electron chi connectivity index (χ3n) is 4.16. The minimum atomic E-state index is -0.424. The highest BCUT2D eigenvalue weighted by Crippen LogP contribution is 2.24. The van der Waals surface area contributed by atoms with Crippen LogP contribution in [0.5, 0.6) is 5.75 Å². The molecule has 27 heavy (non-hydrogen) atoms. The summed E-state index contributed by atoms with van der Waals surface area (Å²) in [6.45, 7) is 3.97. The summed E-state index contributed by atoms with van der Waals surface area (Å²) in [7, 11) is 2.85. The van der Waals surface area contributed by atoms with Crippen LogP contribution in [0.1, 0.15) is 21.5 Å². The number of ether oxygens (including phenoxy) is 2. The number of aromatic nitrogens is 1. The van der Waals surface area contributed by atoms with Gasteiger partial charge in [0.2, 0.25) is 0 Å². The molecule has 0 N–H and O–H groups in total. The molecule has 0 aliphatic carbocycles. The van der Waals surface area contributed by atoms with E-state index in [2.05, 4.69) is 4.99 Å². The van der Waals surface area contributed by atoms with Gasteiger partial charge in [0.15, 0.2) is 4.80 Å². The molecule has 0 fully saturated rings. The molecule has 0 saturated heterocycles. The standard InChI is InChI=1S/C20H20N2O4S/c1-12-9-13(2)18-16(10-12)27-20(22(18)11-17(23)26-4)21-19(24)14-7-5-6-8-15(14)25-3/h5-10H,11H2,1-4H3. The number of hydrogen-bond acceptors (Lipinski definition) is 5. The second-order valence-corrected chi connectivity index (χ2v) is 7.10. The summed E-state index contributed by atoms with van der Waals surface area (Å²) in [5.41, 5.74) is 3.36. The van der Waals surface area contributed by atoms with Gasteiger partial charge in [0.1, 0.15) is 12.3 Å². The molecule has 6 nitrogen and oxygen atoms in total. The van der Waals surface area contributed by atoms with Crippen molar-refractivity contribution >= 4 is 33.4 Å². The van der Waals surface area contributed by atoms with Gasteiger partial charge in [-0.05, 0) is 43.2 Å². The Morgan fingerprint density at radius 3 is 2.59 bits per heavy atom. The Balaban J connectivity index is 2.22. The number of carbonyl (C=O) groups excluding carboxylic acids is 2. The average molecular weight is 384 g/mol. The number of fused-ring (bicyclic) bond motifs is 1. The lowest BCUT2D eigenvalue weighted by Gasteiger charge is -2.07. The molecule has 7 heteroatoms. The zero-order valence-corrected chi connectivity index (χ0v) is 16.4. The molecule has 0 spiro atoms. The minimum Gasteiger partial charge on any atom is -0.496 e. The van der Waals surface area contributed by atoms with Crippen LogP contribution >= 0.6 is 11.3 Å². The van der Waals surface area contributed by atoms with Gasteiger partial charge in [-0.2, -0.15) is 4.99 Å². The van der Waals surface area contributed by atoms with Gasteiger partial charge < -0.3 is 14.0 Å². The number of nitrogens with zero attached hydrogens (tertiary/aromatic N) is 2. The normalized spacial score (nSPS) is 11.6. The topological polar surface area (TPSA) is 69.9 Å². The molecule has 0 saturated carbocycles. The van der Waals surface area contributed by atoms with Crippen LogP contribution < -0.4 is 9.54 Å². The average Bonchev–Trinajstić information content (AvgIpc) is 2.98. The van der Waals surface area contributed by atoms with E-state index in [1.54, 1.807) is 28.8 Å². The molecule has 2 aromatic carbocycles. The van der Waals surface area contributed by atoms with Gasteiger partial charge in [0.25, 0.3) is 5.91 Å². The number of rotatable bonds is 4. The minimum absolute atomic E-state index is 0.0154. The fourth-order valence-corrected chi connectivity index (χ4v) is 4.19. The number of carbonyl (C=O) groups is 2. The predicted octanol–water partition coefficient (Wildman–Crippen LogP) is 3.24. The van der Waals surface area contributed by atoms with Crippen molar-refractivity contribution in [1.82, 2.24) is 4.57 Å². The number of esters is 1. The van der Waals surface area contributed by atoms with Crippen molar-refractivity contribution in [2.75, 3.05) is 14.2 Å². The molecule has 0 radical (unpaired) electrons. The van der Waals surface area contributed by atoms with E-state index in [9.17, 15) is 9.59 Å². The molecular formula is C20H20N2O4S. The maximum Gasteiger partial charge on any atom is 0.325 e.